The predicted molar refractivity (Wildman–Crippen MR) is 209 cm³/mol. The van der Waals surface area contributed by atoms with Crippen LogP contribution in [0.2, 0.25) is 0 Å². The van der Waals surface area contributed by atoms with Crippen LogP contribution in [0.5, 0.6) is 0 Å². The minimum absolute atomic E-state index is 0.478. The summed E-state index contributed by atoms with van der Waals surface area (Å²) in [6.45, 7) is 0. The molecule has 1 heterocycles. The first kappa shape index (κ1) is 29.1. The maximum Gasteiger partial charge on any atom is 0.143 e. The number of hydrogen-bond donors (Lipinski definition) is 0. The van der Waals surface area contributed by atoms with Crippen molar-refractivity contribution < 1.29 is 4.42 Å². The molecule has 0 radical (unpaired) electrons. The third-order valence-electron chi connectivity index (χ3n) is 11.4. The van der Waals surface area contributed by atoms with E-state index in [4.69, 9.17) is 4.42 Å². The Hall–Kier alpha value is -5.86. The lowest BCUT2D eigenvalue weighted by atomic mass is 9.58. The molecule has 6 aromatic carbocycles. The van der Waals surface area contributed by atoms with E-state index in [0.29, 0.717) is 29.6 Å². The average Bonchev–Trinajstić information content (AvgIpc) is 3.58. The molecule has 0 bridgehead atoms. The minimum Gasteiger partial charge on any atom is -0.455 e. The van der Waals surface area contributed by atoms with Gasteiger partial charge in [0.1, 0.15) is 11.2 Å². The highest BCUT2D eigenvalue weighted by molar-refractivity contribution is 6.21. The third-order valence-corrected chi connectivity index (χ3v) is 11.4. The topological polar surface area (TPSA) is 16.4 Å². The van der Waals surface area contributed by atoms with Crippen molar-refractivity contribution >= 4 is 49.8 Å². The molecule has 2 nitrogen and oxygen atoms in total. The van der Waals surface area contributed by atoms with Crippen LogP contribution < -0.4 is 4.90 Å². The zero-order valence-electron chi connectivity index (χ0n) is 27.8. The summed E-state index contributed by atoms with van der Waals surface area (Å²) in [6, 6.07) is 48.3. The van der Waals surface area contributed by atoms with Crippen LogP contribution in [-0.4, -0.2) is 0 Å². The van der Waals surface area contributed by atoms with Gasteiger partial charge in [0.05, 0.1) is 5.69 Å². The average molecular weight is 644 g/mol. The molecule has 1 saturated carbocycles. The van der Waals surface area contributed by atoms with E-state index < -0.39 is 0 Å². The Morgan fingerprint density at radius 1 is 0.480 bits per heavy atom. The first-order chi connectivity index (χ1) is 24.8. The molecule has 5 unspecified atom stereocenters. The van der Waals surface area contributed by atoms with E-state index in [0.717, 1.165) is 60.9 Å². The van der Waals surface area contributed by atoms with E-state index in [9.17, 15) is 0 Å². The number of hydrogen-bond acceptors (Lipinski definition) is 2. The Morgan fingerprint density at radius 3 is 1.90 bits per heavy atom. The molecule has 1 fully saturated rings. The van der Waals surface area contributed by atoms with E-state index in [2.05, 4.69) is 187 Å². The van der Waals surface area contributed by atoms with Gasteiger partial charge in [0, 0.05) is 38.5 Å². The molecule has 240 valence electrons. The van der Waals surface area contributed by atoms with Crippen molar-refractivity contribution in [3.8, 4) is 11.1 Å². The van der Waals surface area contributed by atoms with Crippen LogP contribution in [0.3, 0.4) is 0 Å². The number of allylic oxidation sites excluding steroid dienone is 8. The van der Waals surface area contributed by atoms with Crippen molar-refractivity contribution in [2.24, 2.45) is 23.7 Å². The van der Waals surface area contributed by atoms with Gasteiger partial charge in [0.15, 0.2) is 0 Å². The number of benzene rings is 6. The molecule has 3 aliphatic rings. The lowest BCUT2D eigenvalue weighted by Gasteiger charge is -2.45. The molecule has 3 aliphatic carbocycles. The number of furan rings is 1. The van der Waals surface area contributed by atoms with Gasteiger partial charge in [-0.3, -0.25) is 0 Å². The summed E-state index contributed by atoms with van der Waals surface area (Å²) in [5, 5.41) is 4.52. The van der Waals surface area contributed by atoms with Crippen LogP contribution in [0, 0.1) is 23.7 Å². The van der Waals surface area contributed by atoms with Crippen LogP contribution >= 0.6 is 0 Å². The van der Waals surface area contributed by atoms with Crippen LogP contribution in [0.15, 0.2) is 186 Å². The maximum absolute atomic E-state index is 6.82. The normalized spacial score (nSPS) is 22.2. The van der Waals surface area contributed by atoms with Gasteiger partial charge in [-0.1, -0.05) is 152 Å². The zero-order valence-corrected chi connectivity index (χ0v) is 27.8. The molecule has 1 aromatic heterocycles. The highest BCUT2D eigenvalue weighted by Gasteiger charge is 2.42. The van der Waals surface area contributed by atoms with Crippen molar-refractivity contribution in [3.63, 3.8) is 0 Å². The summed E-state index contributed by atoms with van der Waals surface area (Å²) >= 11 is 0. The first-order valence-electron chi connectivity index (χ1n) is 17.9. The third kappa shape index (κ3) is 4.70. The van der Waals surface area contributed by atoms with Gasteiger partial charge in [0.2, 0.25) is 0 Å². The van der Waals surface area contributed by atoms with Gasteiger partial charge in [0.25, 0.3) is 0 Å². The SMILES string of the molecule is C1=CC2CC(c3ccc(N(c4ccccc4)c4cc5c6cccc(-c7ccccc7)c6oc5c5ccccc45)cc3)C3C=CC=CC3C2C=C1. The lowest BCUT2D eigenvalue weighted by Crippen LogP contribution is -2.37. The van der Waals surface area contributed by atoms with E-state index in [1.54, 1.807) is 0 Å². The van der Waals surface area contributed by atoms with E-state index in [1.807, 2.05) is 0 Å². The smallest absolute Gasteiger partial charge is 0.143 e. The summed E-state index contributed by atoms with van der Waals surface area (Å²) in [5.41, 5.74) is 8.96. The summed E-state index contributed by atoms with van der Waals surface area (Å²) in [5.74, 6) is 2.69. The minimum atomic E-state index is 0.478. The fraction of sp³-hybridized carbons (Fsp3) is 0.125. The number of fused-ring (bicyclic) bond motifs is 8. The van der Waals surface area contributed by atoms with E-state index in [1.165, 1.54) is 12.0 Å². The van der Waals surface area contributed by atoms with Crippen molar-refractivity contribution in [1.82, 2.24) is 0 Å². The van der Waals surface area contributed by atoms with E-state index >= 15 is 0 Å². The number of nitrogens with zero attached hydrogens (tertiary/aromatic N) is 1. The van der Waals surface area contributed by atoms with E-state index in [-0.39, 0.29) is 0 Å². The maximum atomic E-state index is 6.82. The zero-order chi connectivity index (χ0) is 33.0. The second kappa shape index (κ2) is 11.9. The van der Waals surface area contributed by atoms with Crippen molar-refractivity contribution in [3.05, 3.63) is 188 Å². The van der Waals surface area contributed by atoms with Gasteiger partial charge < -0.3 is 9.32 Å². The molecular formula is C48H37NO. The highest BCUT2D eigenvalue weighted by atomic mass is 16.3. The van der Waals surface area contributed by atoms with Crippen LogP contribution in [0.4, 0.5) is 17.1 Å². The number of para-hydroxylation sites is 2. The van der Waals surface area contributed by atoms with Crippen molar-refractivity contribution in [1.29, 1.82) is 0 Å². The van der Waals surface area contributed by atoms with Crippen molar-refractivity contribution in [2.75, 3.05) is 4.90 Å². The molecule has 0 spiro atoms. The summed E-state index contributed by atoms with van der Waals surface area (Å²) < 4.78 is 6.82. The Labute approximate surface area is 293 Å². The Morgan fingerprint density at radius 2 is 1.10 bits per heavy atom. The predicted octanol–water partition coefficient (Wildman–Crippen LogP) is 13.1. The second-order valence-corrected chi connectivity index (χ2v) is 14.0. The molecule has 5 atom stereocenters. The Bertz CT molecular complexity index is 2480. The molecule has 0 aliphatic heterocycles. The summed E-state index contributed by atoms with van der Waals surface area (Å²) in [7, 11) is 0. The monoisotopic (exact) mass is 643 g/mol. The van der Waals surface area contributed by atoms with Crippen LogP contribution in [-0.2, 0) is 0 Å². The fourth-order valence-corrected chi connectivity index (χ4v) is 9.06. The molecule has 0 saturated heterocycles. The highest BCUT2D eigenvalue weighted by Crippen LogP contribution is 2.52. The summed E-state index contributed by atoms with van der Waals surface area (Å²) in [4.78, 5) is 2.42. The van der Waals surface area contributed by atoms with Crippen LogP contribution in [0.25, 0.3) is 43.8 Å². The molecule has 7 aromatic rings. The molecule has 0 amide bonds. The van der Waals surface area contributed by atoms with Gasteiger partial charge in [-0.25, -0.2) is 0 Å². The Balaban J connectivity index is 1.12. The molecule has 2 heteroatoms. The Kier molecular flexibility index (Phi) is 6.94. The molecule has 50 heavy (non-hydrogen) atoms. The van der Waals surface area contributed by atoms with Gasteiger partial charge in [-0.2, -0.15) is 0 Å². The lowest BCUT2D eigenvalue weighted by molar-refractivity contribution is 0.186. The van der Waals surface area contributed by atoms with Gasteiger partial charge in [-0.05, 0) is 77.5 Å². The first-order valence-corrected chi connectivity index (χ1v) is 17.9. The standard InChI is InChI=1S/C48H37NO/c1-3-14-32(15-4-1)38-24-13-25-43-45-31-46(41-22-11-12-23-42(41)48(45)50-47(38)43)49(35-17-5-2-6-18-35)36-28-26-33(27-29-36)44-30-34-16-7-8-19-37(34)39-20-9-10-21-40(39)44/h1-29,31,34,37,39-40,44H,30H2. The number of rotatable bonds is 5. The quantitative estimate of drug-likeness (QED) is 0.186. The van der Waals surface area contributed by atoms with Crippen LogP contribution in [0.1, 0.15) is 17.9 Å². The molecule has 10 rings (SSSR count). The van der Waals surface area contributed by atoms with Crippen molar-refractivity contribution in [2.45, 2.75) is 12.3 Å². The molecule has 0 N–H and O–H groups in total. The summed E-state index contributed by atoms with van der Waals surface area (Å²) in [6.07, 6.45) is 20.0. The van der Waals surface area contributed by atoms with Gasteiger partial charge in [-0.15, -0.1) is 0 Å². The fourth-order valence-electron chi connectivity index (χ4n) is 9.06. The number of anilines is 3. The molecular weight excluding hydrogens is 607 g/mol. The second-order valence-electron chi connectivity index (χ2n) is 14.0. The van der Waals surface area contributed by atoms with Gasteiger partial charge >= 0.3 is 0 Å². The largest absolute Gasteiger partial charge is 0.455 e.